The SMILES string of the molecule is COc1ccc(-c2nc(C(=O)NCc3cccc(Cn4ccnc4)c3)cs2)cc1. The first-order valence-corrected chi connectivity index (χ1v) is 10.0. The summed E-state index contributed by atoms with van der Waals surface area (Å²) in [6, 6.07) is 15.8. The van der Waals surface area contributed by atoms with E-state index in [0.29, 0.717) is 12.2 Å². The number of rotatable bonds is 7. The topological polar surface area (TPSA) is 69.0 Å². The van der Waals surface area contributed by atoms with Gasteiger partial charge < -0.3 is 14.6 Å². The van der Waals surface area contributed by atoms with Gasteiger partial charge in [-0.05, 0) is 35.4 Å². The summed E-state index contributed by atoms with van der Waals surface area (Å²) in [6.45, 7) is 1.20. The number of carbonyl (C=O) groups excluding carboxylic acids is 1. The molecule has 0 saturated heterocycles. The summed E-state index contributed by atoms with van der Waals surface area (Å²) in [6.07, 6.45) is 5.48. The normalized spacial score (nSPS) is 10.7. The maximum atomic E-state index is 12.5. The van der Waals surface area contributed by atoms with Crippen molar-refractivity contribution in [3.05, 3.63) is 89.5 Å². The molecule has 1 amide bonds. The lowest BCUT2D eigenvalue weighted by Gasteiger charge is -2.07. The molecule has 0 aliphatic carbocycles. The standard InChI is InChI=1S/C22H20N4O2S/c1-28-19-7-5-18(6-8-19)22-25-20(14-29-22)21(27)24-12-16-3-2-4-17(11-16)13-26-10-9-23-15-26/h2-11,14-15H,12-13H2,1H3,(H,24,27). The first kappa shape index (κ1) is 18.9. The molecule has 6 nitrogen and oxygen atoms in total. The molecule has 2 aromatic heterocycles. The number of benzene rings is 2. The molecule has 2 heterocycles. The number of ether oxygens (including phenoxy) is 1. The average molecular weight is 404 g/mol. The number of amides is 1. The summed E-state index contributed by atoms with van der Waals surface area (Å²) in [7, 11) is 1.63. The van der Waals surface area contributed by atoms with Gasteiger partial charge in [-0.15, -0.1) is 11.3 Å². The van der Waals surface area contributed by atoms with Crippen LogP contribution in [-0.4, -0.2) is 27.6 Å². The van der Waals surface area contributed by atoms with Crippen molar-refractivity contribution in [1.82, 2.24) is 19.9 Å². The van der Waals surface area contributed by atoms with E-state index in [1.54, 1.807) is 25.0 Å². The molecule has 0 fully saturated rings. The fraction of sp³-hybridized carbons (Fsp3) is 0.136. The molecule has 7 heteroatoms. The highest BCUT2D eigenvalue weighted by Crippen LogP contribution is 2.25. The predicted octanol–water partition coefficient (Wildman–Crippen LogP) is 3.99. The van der Waals surface area contributed by atoms with Gasteiger partial charge in [0, 0.05) is 36.4 Å². The van der Waals surface area contributed by atoms with E-state index in [2.05, 4.69) is 27.4 Å². The second-order valence-corrected chi connectivity index (χ2v) is 7.36. The number of nitrogens with zero attached hydrogens (tertiary/aromatic N) is 3. The summed E-state index contributed by atoms with van der Waals surface area (Å²) >= 11 is 1.45. The Morgan fingerprint density at radius 1 is 1.17 bits per heavy atom. The van der Waals surface area contributed by atoms with Crippen molar-refractivity contribution in [2.45, 2.75) is 13.1 Å². The monoisotopic (exact) mass is 404 g/mol. The van der Waals surface area contributed by atoms with Gasteiger partial charge >= 0.3 is 0 Å². The number of nitrogens with one attached hydrogen (secondary N) is 1. The molecule has 4 rings (SSSR count). The quantitative estimate of drug-likeness (QED) is 0.506. The van der Waals surface area contributed by atoms with E-state index >= 15 is 0 Å². The van der Waals surface area contributed by atoms with E-state index in [4.69, 9.17) is 4.74 Å². The van der Waals surface area contributed by atoms with Crippen LogP contribution >= 0.6 is 11.3 Å². The third-order valence-corrected chi connectivity index (χ3v) is 5.33. The Balaban J connectivity index is 1.38. The molecule has 0 spiro atoms. The molecular weight excluding hydrogens is 384 g/mol. The van der Waals surface area contributed by atoms with Crippen LogP contribution in [0, 0.1) is 0 Å². The molecule has 2 aromatic carbocycles. The van der Waals surface area contributed by atoms with Crippen LogP contribution in [0.25, 0.3) is 10.6 Å². The van der Waals surface area contributed by atoms with E-state index in [-0.39, 0.29) is 5.91 Å². The van der Waals surface area contributed by atoms with Crippen molar-refractivity contribution in [2.75, 3.05) is 7.11 Å². The third kappa shape index (κ3) is 4.70. The average Bonchev–Trinajstić information content (AvgIpc) is 3.45. The fourth-order valence-corrected chi connectivity index (χ4v) is 3.75. The first-order chi connectivity index (χ1) is 14.2. The molecule has 1 N–H and O–H groups in total. The molecule has 29 heavy (non-hydrogen) atoms. The zero-order valence-electron chi connectivity index (χ0n) is 15.9. The summed E-state index contributed by atoms with van der Waals surface area (Å²) in [5.74, 6) is 0.611. The molecule has 0 bridgehead atoms. The van der Waals surface area contributed by atoms with Gasteiger partial charge in [-0.1, -0.05) is 24.3 Å². The van der Waals surface area contributed by atoms with Crippen molar-refractivity contribution in [3.63, 3.8) is 0 Å². The van der Waals surface area contributed by atoms with Crippen LogP contribution in [0.2, 0.25) is 0 Å². The van der Waals surface area contributed by atoms with E-state index in [9.17, 15) is 4.79 Å². The maximum absolute atomic E-state index is 12.5. The van der Waals surface area contributed by atoms with Crippen LogP contribution in [0.15, 0.2) is 72.6 Å². The van der Waals surface area contributed by atoms with Crippen molar-refractivity contribution < 1.29 is 9.53 Å². The number of aromatic nitrogens is 3. The Morgan fingerprint density at radius 2 is 2.00 bits per heavy atom. The van der Waals surface area contributed by atoms with E-state index in [1.165, 1.54) is 11.3 Å². The zero-order valence-corrected chi connectivity index (χ0v) is 16.7. The molecule has 0 radical (unpaired) electrons. The van der Waals surface area contributed by atoms with Gasteiger partial charge in [-0.2, -0.15) is 0 Å². The Labute approximate surface area is 172 Å². The van der Waals surface area contributed by atoms with Gasteiger partial charge in [-0.25, -0.2) is 9.97 Å². The van der Waals surface area contributed by atoms with Crippen LogP contribution < -0.4 is 10.1 Å². The summed E-state index contributed by atoms with van der Waals surface area (Å²) in [4.78, 5) is 21.0. The molecule has 146 valence electrons. The molecule has 0 aliphatic rings. The molecule has 0 saturated carbocycles. The number of imidazole rings is 1. The Bertz CT molecular complexity index is 1090. The first-order valence-electron chi connectivity index (χ1n) is 9.13. The Hall–Kier alpha value is -3.45. The largest absolute Gasteiger partial charge is 0.497 e. The summed E-state index contributed by atoms with van der Waals surface area (Å²) < 4.78 is 7.18. The van der Waals surface area contributed by atoms with Crippen LogP contribution in [-0.2, 0) is 13.1 Å². The van der Waals surface area contributed by atoms with Crippen LogP contribution in [0.1, 0.15) is 21.6 Å². The van der Waals surface area contributed by atoms with Crippen molar-refractivity contribution >= 4 is 17.2 Å². The molecule has 0 atom stereocenters. The van der Waals surface area contributed by atoms with Crippen molar-refractivity contribution in [2.24, 2.45) is 0 Å². The zero-order chi connectivity index (χ0) is 20.1. The molecular formula is C22H20N4O2S. The van der Waals surface area contributed by atoms with Gasteiger partial charge in [0.25, 0.3) is 5.91 Å². The van der Waals surface area contributed by atoms with Crippen LogP contribution in [0.4, 0.5) is 0 Å². The smallest absolute Gasteiger partial charge is 0.271 e. The third-order valence-electron chi connectivity index (χ3n) is 4.44. The minimum Gasteiger partial charge on any atom is -0.497 e. The molecule has 4 aromatic rings. The number of methoxy groups -OCH3 is 1. The second-order valence-electron chi connectivity index (χ2n) is 6.50. The number of hydrogen-bond acceptors (Lipinski definition) is 5. The molecule has 0 aliphatic heterocycles. The lowest BCUT2D eigenvalue weighted by atomic mass is 10.1. The summed E-state index contributed by atoms with van der Waals surface area (Å²) in [5, 5.41) is 5.54. The molecule has 0 unspecified atom stereocenters. The minimum atomic E-state index is -0.180. The number of carbonyl (C=O) groups is 1. The lowest BCUT2D eigenvalue weighted by molar-refractivity contribution is 0.0946. The highest BCUT2D eigenvalue weighted by Gasteiger charge is 2.12. The van der Waals surface area contributed by atoms with Crippen molar-refractivity contribution in [1.29, 1.82) is 0 Å². The maximum Gasteiger partial charge on any atom is 0.271 e. The van der Waals surface area contributed by atoms with E-state index in [0.717, 1.165) is 34.0 Å². The number of thiazole rings is 1. The van der Waals surface area contributed by atoms with Gasteiger partial charge in [0.1, 0.15) is 16.5 Å². The predicted molar refractivity (Wildman–Crippen MR) is 113 cm³/mol. The van der Waals surface area contributed by atoms with Crippen molar-refractivity contribution in [3.8, 4) is 16.3 Å². The van der Waals surface area contributed by atoms with E-state index < -0.39 is 0 Å². The number of hydrogen-bond donors (Lipinski definition) is 1. The minimum absolute atomic E-state index is 0.180. The van der Waals surface area contributed by atoms with Gasteiger partial charge in [0.2, 0.25) is 0 Å². The van der Waals surface area contributed by atoms with Gasteiger partial charge in [0.15, 0.2) is 0 Å². The van der Waals surface area contributed by atoms with Gasteiger partial charge in [0.05, 0.1) is 13.4 Å². The van der Waals surface area contributed by atoms with Crippen LogP contribution in [0.5, 0.6) is 5.75 Å². The van der Waals surface area contributed by atoms with Gasteiger partial charge in [-0.3, -0.25) is 4.79 Å². The van der Waals surface area contributed by atoms with Crippen LogP contribution in [0.3, 0.4) is 0 Å². The fourth-order valence-electron chi connectivity index (χ4n) is 2.95. The Kier molecular flexibility index (Phi) is 5.67. The summed E-state index contributed by atoms with van der Waals surface area (Å²) in [5.41, 5.74) is 3.59. The Morgan fingerprint density at radius 3 is 2.76 bits per heavy atom. The van der Waals surface area contributed by atoms with E-state index in [1.807, 2.05) is 47.2 Å². The highest BCUT2D eigenvalue weighted by molar-refractivity contribution is 7.13. The highest BCUT2D eigenvalue weighted by atomic mass is 32.1. The second kappa shape index (κ2) is 8.70. The lowest BCUT2D eigenvalue weighted by Crippen LogP contribution is -2.23.